The van der Waals surface area contributed by atoms with Crippen molar-refractivity contribution < 1.29 is 9.66 Å². The molecule has 3 unspecified atom stereocenters. The number of ether oxygens (including phenoxy) is 1. The van der Waals surface area contributed by atoms with Crippen molar-refractivity contribution in [2.24, 2.45) is 0 Å². The molecule has 0 N–H and O–H groups in total. The number of nitro groups is 1. The lowest BCUT2D eigenvalue weighted by molar-refractivity contribution is -0.385. The Morgan fingerprint density at radius 2 is 2.05 bits per heavy atom. The van der Waals surface area contributed by atoms with Crippen LogP contribution in [0.3, 0.4) is 0 Å². The third kappa shape index (κ3) is 4.15. The predicted octanol–water partition coefficient (Wildman–Crippen LogP) is 3.29. The van der Waals surface area contributed by atoms with Crippen LogP contribution in [0.25, 0.3) is 0 Å². The number of nitro benzene ring substituents is 1. The van der Waals surface area contributed by atoms with Crippen LogP contribution in [0, 0.1) is 17.0 Å². The summed E-state index contributed by atoms with van der Waals surface area (Å²) in [5.74, 6) is 0. The number of rotatable bonds is 4. The third-order valence-corrected chi connectivity index (χ3v) is 4.10. The zero-order chi connectivity index (χ0) is 15.6. The number of aryl methyl sites for hydroxylation is 1. The van der Waals surface area contributed by atoms with Crippen molar-refractivity contribution in [3.63, 3.8) is 0 Å². The van der Waals surface area contributed by atoms with Gasteiger partial charge in [0.15, 0.2) is 0 Å². The molecule has 0 spiro atoms. The van der Waals surface area contributed by atoms with Gasteiger partial charge in [0, 0.05) is 31.3 Å². The van der Waals surface area contributed by atoms with E-state index in [0.29, 0.717) is 12.1 Å². The van der Waals surface area contributed by atoms with Gasteiger partial charge < -0.3 is 4.74 Å². The molecular weight excluding hydrogens is 292 g/mol. The van der Waals surface area contributed by atoms with Crippen molar-refractivity contribution in [2.75, 3.05) is 19.6 Å². The molecule has 0 amide bonds. The number of halogens is 1. The Labute approximate surface area is 130 Å². The molecule has 1 aliphatic heterocycles. The van der Waals surface area contributed by atoms with E-state index >= 15 is 0 Å². The van der Waals surface area contributed by atoms with E-state index in [9.17, 15) is 10.1 Å². The lowest BCUT2D eigenvalue weighted by atomic mass is 10.1. The zero-order valence-electron chi connectivity index (χ0n) is 12.6. The van der Waals surface area contributed by atoms with Crippen LogP contribution in [0.15, 0.2) is 18.2 Å². The monoisotopic (exact) mass is 312 g/mol. The highest BCUT2D eigenvalue weighted by atomic mass is 35.5. The van der Waals surface area contributed by atoms with Gasteiger partial charge in [0.25, 0.3) is 5.69 Å². The molecule has 0 bridgehead atoms. The molecular formula is C15H21ClN2O3. The van der Waals surface area contributed by atoms with Gasteiger partial charge in [-0.25, -0.2) is 0 Å². The Balaban J connectivity index is 2.08. The number of hydrogen-bond donors (Lipinski definition) is 0. The first kappa shape index (κ1) is 16.2. The Kier molecular flexibility index (Phi) is 5.19. The maximum absolute atomic E-state index is 11.0. The van der Waals surface area contributed by atoms with Crippen LogP contribution in [0.1, 0.15) is 30.4 Å². The molecule has 2 rings (SSSR count). The van der Waals surface area contributed by atoms with Crippen molar-refractivity contribution in [1.29, 1.82) is 0 Å². The van der Waals surface area contributed by atoms with E-state index < -0.39 is 0 Å². The Bertz CT molecular complexity index is 514. The minimum absolute atomic E-state index is 0.127. The summed E-state index contributed by atoms with van der Waals surface area (Å²) in [6, 6.07) is 5.21. The second kappa shape index (κ2) is 6.73. The van der Waals surface area contributed by atoms with Crippen LogP contribution in [-0.4, -0.2) is 41.7 Å². The minimum atomic E-state index is -0.360. The van der Waals surface area contributed by atoms with E-state index in [1.807, 2.05) is 19.9 Å². The smallest absolute Gasteiger partial charge is 0.272 e. The van der Waals surface area contributed by atoms with Gasteiger partial charge in [0.05, 0.1) is 22.5 Å². The van der Waals surface area contributed by atoms with Crippen LogP contribution in [0.4, 0.5) is 5.69 Å². The molecule has 1 aromatic carbocycles. The third-order valence-electron chi connectivity index (χ3n) is 3.71. The predicted molar refractivity (Wildman–Crippen MR) is 82.9 cm³/mol. The van der Waals surface area contributed by atoms with Crippen LogP contribution in [0.2, 0.25) is 0 Å². The van der Waals surface area contributed by atoms with Gasteiger partial charge in [-0.1, -0.05) is 12.1 Å². The van der Waals surface area contributed by atoms with Gasteiger partial charge in [-0.2, -0.15) is 0 Å². The van der Waals surface area contributed by atoms with Crippen LogP contribution in [-0.2, 0) is 4.74 Å². The van der Waals surface area contributed by atoms with Crippen molar-refractivity contribution in [3.8, 4) is 0 Å². The van der Waals surface area contributed by atoms with Crippen molar-refractivity contribution >= 4 is 17.3 Å². The van der Waals surface area contributed by atoms with Gasteiger partial charge in [-0.15, -0.1) is 11.6 Å². The van der Waals surface area contributed by atoms with E-state index in [-0.39, 0.29) is 28.2 Å². The Morgan fingerprint density at radius 3 is 2.62 bits per heavy atom. The van der Waals surface area contributed by atoms with Gasteiger partial charge in [-0.05, 0) is 26.3 Å². The fourth-order valence-electron chi connectivity index (χ4n) is 2.78. The second-order valence-electron chi connectivity index (χ2n) is 5.75. The first-order valence-corrected chi connectivity index (χ1v) is 7.57. The van der Waals surface area contributed by atoms with E-state index in [1.165, 1.54) is 0 Å². The molecule has 1 saturated heterocycles. The minimum Gasteiger partial charge on any atom is -0.373 e. The van der Waals surface area contributed by atoms with Gasteiger partial charge in [-0.3, -0.25) is 15.0 Å². The molecule has 3 atom stereocenters. The fraction of sp³-hybridized carbons (Fsp3) is 0.600. The summed E-state index contributed by atoms with van der Waals surface area (Å²) >= 11 is 6.46. The number of nitrogens with zero attached hydrogens (tertiary/aromatic N) is 2. The number of hydrogen-bond acceptors (Lipinski definition) is 4. The summed E-state index contributed by atoms with van der Waals surface area (Å²) in [6.07, 6.45) is 0.370. The van der Waals surface area contributed by atoms with Crippen LogP contribution < -0.4 is 0 Å². The average Bonchev–Trinajstić information content (AvgIpc) is 2.37. The van der Waals surface area contributed by atoms with E-state index in [1.54, 1.807) is 19.1 Å². The largest absolute Gasteiger partial charge is 0.373 e. The zero-order valence-corrected chi connectivity index (χ0v) is 13.3. The van der Waals surface area contributed by atoms with E-state index in [4.69, 9.17) is 16.3 Å². The van der Waals surface area contributed by atoms with Gasteiger partial charge in [0.1, 0.15) is 0 Å². The molecule has 1 fully saturated rings. The van der Waals surface area contributed by atoms with Crippen molar-refractivity contribution in [1.82, 2.24) is 4.90 Å². The molecule has 0 aliphatic carbocycles. The molecule has 1 heterocycles. The molecule has 116 valence electrons. The van der Waals surface area contributed by atoms with Gasteiger partial charge >= 0.3 is 0 Å². The Hall–Kier alpha value is -1.17. The van der Waals surface area contributed by atoms with Crippen molar-refractivity contribution in [2.45, 2.75) is 38.4 Å². The summed E-state index contributed by atoms with van der Waals surface area (Å²) < 4.78 is 5.70. The first-order chi connectivity index (χ1) is 9.86. The van der Waals surface area contributed by atoms with E-state index in [0.717, 1.165) is 18.7 Å². The molecule has 0 saturated carbocycles. The highest BCUT2D eigenvalue weighted by Gasteiger charge is 2.25. The van der Waals surface area contributed by atoms with Gasteiger partial charge in [0.2, 0.25) is 0 Å². The normalized spacial score (nSPS) is 24.8. The van der Waals surface area contributed by atoms with Crippen LogP contribution >= 0.6 is 11.6 Å². The average molecular weight is 313 g/mol. The second-order valence-corrected chi connectivity index (χ2v) is 6.27. The summed E-state index contributed by atoms with van der Waals surface area (Å²) in [4.78, 5) is 12.9. The molecule has 6 heteroatoms. The molecule has 0 aromatic heterocycles. The van der Waals surface area contributed by atoms with Crippen molar-refractivity contribution in [3.05, 3.63) is 39.4 Å². The van der Waals surface area contributed by atoms with E-state index in [2.05, 4.69) is 4.90 Å². The highest BCUT2D eigenvalue weighted by Crippen LogP contribution is 2.28. The number of morpholine rings is 1. The fourth-order valence-corrected chi connectivity index (χ4v) is 3.11. The number of alkyl halides is 1. The quantitative estimate of drug-likeness (QED) is 0.486. The highest BCUT2D eigenvalue weighted by molar-refractivity contribution is 6.21. The number of benzene rings is 1. The molecule has 21 heavy (non-hydrogen) atoms. The lowest BCUT2D eigenvalue weighted by Crippen LogP contribution is -2.46. The molecule has 1 aromatic rings. The maximum Gasteiger partial charge on any atom is 0.272 e. The SMILES string of the molecule is Cc1ccc(C(Cl)CN2CC(C)OC(C)C2)cc1[N+](=O)[O-]. The molecule has 1 aliphatic rings. The molecule has 5 nitrogen and oxygen atoms in total. The lowest BCUT2D eigenvalue weighted by Gasteiger charge is -2.36. The standard InChI is InChI=1S/C15H21ClN2O3/c1-10-4-5-13(6-15(10)18(19)20)14(16)9-17-7-11(2)21-12(3)8-17/h4-6,11-12,14H,7-9H2,1-3H3. The van der Waals surface area contributed by atoms with Crippen LogP contribution in [0.5, 0.6) is 0 Å². The summed E-state index contributed by atoms with van der Waals surface area (Å²) in [5.41, 5.74) is 1.57. The topological polar surface area (TPSA) is 55.6 Å². The summed E-state index contributed by atoms with van der Waals surface area (Å²) in [7, 11) is 0. The summed E-state index contributed by atoms with van der Waals surface area (Å²) in [6.45, 7) is 8.16. The summed E-state index contributed by atoms with van der Waals surface area (Å²) in [5, 5.41) is 10.7. The first-order valence-electron chi connectivity index (χ1n) is 7.13. The Morgan fingerprint density at radius 1 is 1.43 bits per heavy atom. The molecule has 0 radical (unpaired) electrons. The maximum atomic E-state index is 11.0.